The van der Waals surface area contributed by atoms with Crippen molar-refractivity contribution >= 4 is 15.9 Å². The first-order valence-electron chi connectivity index (χ1n) is 9.64. The minimum Gasteiger partial charge on any atom is -0.441 e. The van der Waals surface area contributed by atoms with Crippen LogP contribution in [0.2, 0.25) is 0 Å². The van der Waals surface area contributed by atoms with Gasteiger partial charge in [-0.05, 0) is 31.0 Å². The Bertz CT molecular complexity index is 1090. The number of nitrogens with two attached hydrogens (primary N) is 1. The van der Waals surface area contributed by atoms with Crippen molar-refractivity contribution in [2.45, 2.75) is 37.1 Å². The molecule has 1 heterocycles. The highest BCUT2D eigenvalue weighted by atomic mass is 32.2. The molecule has 3 aromatic rings. The second-order valence-corrected chi connectivity index (χ2v) is 8.69. The summed E-state index contributed by atoms with van der Waals surface area (Å²) in [6.07, 6.45) is 3.25. The third-order valence-electron chi connectivity index (χ3n) is 5.06. The summed E-state index contributed by atoms with van der Waals surface area (Å²) in [6.45, 7) is 1.89. The van der Waals surface area contributed by atoms with Crippen molar-refractivity contribution in [3.8, 4) is 11.3 Å². The fraction of sp³-hybridized carbons (Fsp3) is 0.273. The van der Waals surface area contributed by atoms with Gasteiger partial charge < -0.3 is 9.32 Å². The molecule has 7 nitrogen and oxygen atoms in total. The molecule has 0 radical (unpaired) electrons. The summed E-state index contributed by atoms with van der Waals surface area (Å²) < 4.78 is 28.5. The summed E-state index contributed by atoms with van der Waals surface area (Å²) in [6, 6.07) is 15.8. The molecule has 30 heavy (non-hydrogen) atoms. The third kappa shape index (κ3) is 5.34. The minimum absolute atomic E-state index is 0.00661. The van der Waals surface area contributed by atoms with E-state index in [1.165, 1.54) is 12.1 Å². The molecule has 1 unspecified atom stereocenters. The van der Waals surface area contributed by atoms with Crippen molar-refractivity contribution in [3.05, 3.63) is 72.2 Å². The van der Waals surface area contributed by atoms with Gasteiger partial charge in [0.1, 0.15) is 0 Å². The predicted octanol–water partition coefficient (Wildman–Crippen LogP) is 3.53. The molecule has 0 spiro atoms. The molecule has 2 N–H and O–H groups in total. The summed E-state index contributed by atoms with van der Waals surface area (Å²) in [4.78, 5) is 18.6. The molecule has 0 aliphatic heterocycles. The van der Waals surface area contributed by atoms with Gasteiger partial charge in [0.25, 0.3) is 0 Å². The maximum atomic E-state index is 12.6. The number of amides is 1. The van der Waals surface area contributed by atoms with Crippen LogP contribution in [0.5, 0.6) is 0 Å². The first-order chi connectivity index (χ1) is 14.3. The summed E-state index contributed by atoms with van der Waals surface area (Å²) in [5.74, 6) is 1.31. The Labute approximate surface area is 176 Å². The van der Waals surface area contributed by atoms with Gasteiger partial charge in [0.2, 0.25) is 15.9 Å². The second kappa shape index (κ2) is 9.23. The van der Waals surface area contributed by atoms with Crippen LogP contribution in [0.4, 0.5) is 0 Å². The lowest BCUT2D eigenvalue weighted by atomic mass is 10.1. The monoisotopic (exact) mass is 427 g/mol. The van der Waals surface area contributed by atoms with Crippen molar-refractivity contribution in [3.63, 3.8) is 0 Å². The smallest absolute Gasteiger partial charge is 0.238 e. The Hall–Kier alpha value is -2.97. The van der Waals surface area contributed by atoms with Crippen molar-refractivity contribution in [1.29, 1.82) is 0 Å². The quantitative estimate of drug-likeness (QED) is 0.592. The number of sulfonamides is 1. The summed E-state index contributed by atoms with van der Waals surface area (Å²) in [5, 5.41) is 5.12. The first-order valence-corrected chi connectivity index (χ1v) is 11.2. The van der Waals surface area contributed by atoms with E-state index in [9.17, 15) is 13.2 Å². The van der Waals surface area contributed by atoms with Gasteiger partial charge in [-0.3, -0.25) is 4.79 Å². The molecule has 0 aliphatic rings. The Balaban J connectivity index is 1.52. The van der Waals surface area contributed by atoms with Gasteiger partial charge in [-0.2, -0.15) is 0 Å². The maximum Gasteiger partial charge on any atom is 0.238 e. The van der Waals surface area contributed by atoms with Crippen LogP contribution < -0.4 is 5.14 Å². The van der Waals surface area contributed by atoms with E-state index in [2.05, 4.69) is 4.98 Å². The van der Waals surface area contributed by atoms with Crippen LogP contribution in [0, 0.1) is 0 Å². The van der Waals surface area contributed by atoms with Gasteiger partial charge >= 0.3 is 0 Å². The molecule has 0 saturated heterocycles. The van der Waals surface area contributed by atoms with Gasteiger partial charge in [-0.1, -0.05) is 42.5 Å². The number of benzene rings is 2. The third-order valence-corrected chi connectivity index (χ3v) is 5.99. The largest absolute Gasteiger partial charge is 0.441 e. The fourth-order valence-electron chi connectivity index (χ4n) is 3.10. The molecular formula is C22H25N3O4S. The number of rotatable bonds is 8. The average Bonchev–Trinajstić information content (AvgIpc) is 3.21. The average molecular weight is 428 g/mol. The molecule has 158 valence electrons. The zero-order valence-electron chi connectivity index (χ0n) is 17.0. The molecule has 3 rings (SSSR count). The molecule has 0 fully saturated rings. The van der Waals surface area contributed by atoms with E-state index in [0.29, 0.717) is 30.9 Å². The van der Waals surface area contributed by atoms with E-state index < -0.39 is 10.0 Å². The topological polar surface area (TPSA) is 106 Å². The highest BCUT2D eigenvalue weighted by Gasteiger charge is 2.18. The van der Waals surface area contributed by atoms with E-state index in [1.54, 1.807) is 30.3 Å². The molecule has 0 bridgehead atoms. The van der Waals surface area contributed by atoms with Gasteiger partial charge in [0.15, 0.2) is 11.7 Å². The number of carbonyl (C=O) groups is 1. The fourth-order valence-corrected chi connectivity index (χ4v) is 3.62. The van der Waals surface area contributed by atoms with Gasteiger partial charge in [0.05, 0.1) is 17.1 Å². The van der Waals surface area contributed by atoms with Crippen LogP contribution in [0.15, 0.2) is 70.1 Å². The van der Waals surface area contributed by atoms with E-state index >= 15 is 0 Å². The lowest BCUT2D eigenvalue weighted by Crippen LogP contribution is -2.29. The van der Waals surface area contributed by atoms with E-state index in [1.807, 2.05) is 37.3 Å². The Morgan fingerprint density at radius 1 is 1.13 bits per heavy atom. The highest BCUT2D eigenvalue weighted by molar-refractivity contribution is 7.89. The zero-order valence-corrected chi connectivity index (χ0v) is 17.8. The van der Waals surface area contributed by atoms with Gasteiger partial charge in [-0.25, -0.2) is 18.5 Å². The second-order valence-electron chi connectivity index (χ2n) is 7.13. The van der Waals surface area contributed by atoms with Crippen LogP contribution in [0.3, 0.4) is 0 Å². The number of aromatic nitrogens is 1. The molecule has 1 amide bonds. The normalized spacial score (nSPS) is 12.5. The van der Waals surface area contributed by atoms with Crippen molar-refractivity contribution in [1.82, 2.24) is 9.88 Å². The van der Waals surface area contributed by atoms with Crippen LogP contribution >= 0.6 is 0 Å². The van der Waals surface area contributed by atoms with Crippen LogP contribution in [-0.2, 0) is 21.2 Å². The number of nitrogens with zero attached hydrogens (tertiary/aromatic N) is 2. The standard InChI is InChI=1S/C22H25N3O4S/c1-16(17-11-13-19(14-12-17)30(23,27)28)25(2)22(26)10-6-9-21-24-15-20(29-21)18-7-4-3-5-8-18/h3-5,7-8,11-16H,6,9-10H2,1-2H3,(H2,23,27,28). The van der Waals surface area contributed by atoms with Crippen molar-refractivity contribution in [2.24, 2.45) is 5.14 Å². The van der Waals surface area contributed by atoms with Crippen LogP contribution in [-0.4, -0.2) is 31.3 Å². The number of hydrogen-bond acceptors (Lipinski definition) is 5. The molecule has 8 heteroatoms. The predicted molar refractivity (Wildman–Crippen MR) is 114 cm³/mol. The summed E-state index contributed by atoms with van der Waals surface area (Å²) in [7, 11) is -2.00. The number of carbonyl (C=O) groups excluding carboxylic acids is 1. The SMILES string of the molecule is CC(c1ccc(S(N)(=O)=O)cc1)N(C)C(=O)CCCc1ncc(-c2ccccc2)o1. The Morgan fingerprint density at radius 2 is 1.80 bits per heavy atom. The highest BCUT2D eigenvalue weighted by Crippen LogP contribution is 2.23. The van der Waals surface area contributed by atoms with E-state index in [-0.39, 0.29) is 16.8 Å². The summed E-state index contributed by atoms with van der Waals surface area (Å²) in [5.41, 5.74) is 1.80. The molecule has 1 atom stereocenters. The van der Waals surface area contributed by atoms with Crippen LogP contribution in [0.1, 0.15) is 37.3 Å². The van der Waals surface area contributed by atoms with Gasteiger partial charge in [0, 0.05) is 25.5 Å². The summed E-state index contributed by atoms with van der Waals surface area (Å²) >= 11 is 0. The Morgan fingerprint density at radius 3 is 2.43 bits per heavy atom. The van der Waals surface area contributed by atoms with Crippen molar-refractivity contribution in [2.75, 3.05) is 7.05 Å². The molecule has 1 aromatic heterocycles. The molecule has 2 aromatic carbocycles. The number of hydrogen-bond donors (Lipinski definition) is 1. The molecular weight excluding hydrogens is 402 g/mol. The zero-order chi connectivity index (χ0) is 21.7. The van der Waals surface area contributed by atoms with Gasteiger partial charge in [-0.15, -0.1) is 0 Å². The lowest BCUT2D eigenvalue weighted by molar-refractivity contribution is -0.131. The first kappa shape index (κ1) is 21.7. The minimum atomic E-state index is -3.73. The molecule has 0 aliphatic carbocycles. The number of aryl methyl sites for hydroxylation is 1. The van der Waals surface area contributed by atoms with Crippen LogP contribution in [0.25, 0.3) is 11.3 Å². The van der Waals surface area contributed by atoms with E-state index in [4.69, 9.17) is 9.56 Å². The van der Waals surface area contributed by atoms with Crippen molar-refractivity contribution < 1.29 is 17.6 Å². The number of oxazole rings is 1. The van der Waals surface area contributed by atoms with E-state index in [0.717, 1.165) is 11.1 Å². The maximum absolute atomic E-state index is 12.6. The number of primary sulfonamides is 1. The lowest BCUT2D eigenvalue weighted by Gasteiger charge is -2.25. The molecule has 0 saturated carbocycles. The Kier molecular flexibility index (Phi) is 6.69.